The Morgan fingerprint density at radius 1 is 1.08 bits per heavy atom. The lowest BCUT2D eigenvalue weighted by Gasteiger charge is -2.08. The smallest absolute Gasteiger partial charge is 0.261 e. The molecule has 2 rings (SSSR count). The average Bonchev–Trinajstić information content (AvgIpc) is 3.04. The van der Waals surface area contributed by atoms with Gasteiger partial charge in [0.1, 0.15) is 0 Å². The van der Waals surface area contributed by atoms with Crippen molar-refractivity contribution in [3.63, 3.8) is 0 Å². The molecule has 2 aromatic rings. The maximum atomic E-state index is 11.8. The monoisotopic (exact) mass is 355 g/mol. The summed E-state index contributed by atoms with van der Waals surface area (Å²) in [6.07, 6.45) is 5.30. The molecule has 1 aromatic heterocycles. The standard InChI is InChI=1S/C18H17N3O3S/c1-3-13-5-4-6-14(9-13)21-17(23)11-19-16(22)10-20-18(24)15-8-7-12(2)25-15/h1,4-9H,10-11H2,2H3,(H,19,22)(H,20,24)(H,21,23). The summed E-state index contributed by atoms with van der Waals surface area (Å²) in [6, 6.07) is 10.4. The first-order valence-corrected chi connectivity index (χ1v) is 8.27. The molecule has 7 heteroatoms. The molecule has 128 valence electrons. The number of amides is 3. The first kappa shape index (κ1) is 18.2. The molecule has 3 amide bonds. The van der Waals surface area contributed by atoms with Gasteiger partial charge in [0.25, 0.3) is 5.91 Å². The van der Waals surface area contributed by atoms with Crippen LogP contribution in [0.5, 0.6) is 0 Å². The van der Waals surface area contributed by atoms with Crippen LogP contribution in [0.1, 0.15) is 20.1 Å². The Hall–Kier alpha value is -3.11. The fraction of sp³-hybridized carbons (Fsp3) is 0.167. The quantitative estimate of drug-likeness (QED) is 0.687. The number of carbonyl (C=O) groups excluding carboxylic acids is 3. The number of thiophene rings is 1. The normalized spacial score (nSPS) is 9.76. The number of hydrogen-bond acceptors (Lipinski definition) is 4. The van der Waals surface area contributed by atoms with Crippen LogP contribution in [0, 0.1) is 19.3 Å². The van der Waals surface area contributed by atoms with Gasteiger partial charge in [-0.15, -0.1) is 17.8 Å². The van der Waals surface area contributed by atoms with Gasteiger partial charge in [0.15, 0.2) is 0 Å². The molecule has 1 aromatic carbocycles. The Morgan fingerprint density at radius 2 is 1.84 bits per heavy atom. The highest BCUT2D eigenvalue weighted by Crippen LogP contribution is 2.14. The van der Waals surface area contributed by atoms with Gasteiger partial charge in [-0.1, -0.05) is 12.0 Å². The summed E-state index contributed by atoms with van der Waals surface area (Å²) in [5.74, 6) is 1.32. The average molecular weight is 355 g/mol. The van der Waals surface area contributed by atoms with Crippen molar-refractivity contribution in [1.29, 1.82) is 0 Å². The zero-order valence-electron chi connectivity index (χ0n) is 13.6. The summed E-state index contributed by atoms with van der Waals surface area (Å²) in [4.78, 5) is 36.9. The van der Waals surface area contributed by atoms with E-state index in [1.165, 1.54) is 11.3 Å². The molecule has 0 spiro atoms. The molecular formula is C18H17N3O3S. The minimum absolute atomic E-state index is 0.199. The molecule has 0 saturated carbocycles. The first-order chi connectivity index (χ1) is 12.0. The predicted octanol–water partition coefficient (Wildman–Crippen LogP) is 1.52. The summed E-state index contributed by atoms with van der Waals surface area (Å²) in [5.41, 5.74) is 1.20. The lowest BCUT2D eigenvalue weighted by atomic mass is 10.2. The van der Waals surface area contributed by atoms with E-state index in [0.29, 0.717) is 16.1 Å². The lowest BCUT2D eigenvalue weighted by molar-refractivity contribution is -0.123. The van der Waals surface area contributed by atoms with Gasteiger partial charge >= 0.3 is 0 Å². The maximum Gasteiger partial charge on any atom is 0.261 e. The predicted molar refractivity (Wildman–Crippen MR) is 97.4 cm³/mol. The van der Waals surface area contributed by atoms with E-state index in [4.69, 9.17) is 6.42 Å². The third-order valence-corrected chi connectivity index (χ3v) is 4.13. The van der Waals surface area contributed by atoms with Gasteiger partial charge in [0.05, 0.1) is 18.0 Å². The number of benzene rings is 1. The highest BCUT2D eigenvalue weighted by molar-refractivity contribution is 7.13. The topological polar surface area (TPSA) is 87.3 Å². The molecule has 0 fully saturated rings. The Kier molecular flexibility index (Phi) is 6.32. The molecule has 6 nitrogen and oxygen atoms in total. The van der Waals surface area contributed by atoms with Crippen LogP contribution in [-0.2, 0) is 9.59 Å². The van der Waals surface area contributed by atoms with Crippen molar-refractivity contribution in [3.05, 3.63) is 51.7 Å². The van der Waals surface area contributed by atoms with Crippen LogP contribution in [0.3, 0.4) is 0 Å². The van der Waals surface area contributed by atoms with Crippen LogP contribution in [0.25, 0.3) is 0 Å². The van der Waals surface area contributed by atoms with Crippen molar-refractivity contribution in [2.45, 2.75) is 6.92 Å². The van der Waals surface area contributed by atoms with E-state index in [9.17, 15) is 14.4 Å². The lowest BCUT2D eigenvalue weighted by Crippen LogP contribution is -2.40. The van der Waals surface area contributed by atoms with E-state index < -0.39 is 5.91 Å². The highest BCUT2D eigenvalue weighted by atomic mass is 32.1. The van der Waals surface area contributed by atoms with Gasteiger partial charge in [-0.05, 0) is 37.3 Å². The zero-order chi connectivity index (χ0) is 18.2. The minimum atomic E-state index is -0.450. The van der Waals surface area contributed by atoms with Crippen LogP contribution in [-0.4, -0.2) is 30.8 Å². The Labute approximate surface area is 149 Å². The molecule has 0 saturated heterocycles. The van der Waals surface area contributed by atoms with E-state index >= 15 is 0 Å². The minimum Gasteiger partial charge on any atom is -0.345 e. The van der Waals surface area contributed by atoms with Crippen LogP contribution in [0.15, 0.2) is 36.4 Å². The molecule has 0 radical (unpaired) electrons. The zero-order valence-corrected chi connectivity index (χ0v) is 14.4. The van der Waals surface area contributed by atoms with Crippen LogP contribution in [0.2, 0.25) is 0 Å². The second-order valence-corrected chi connectivity index (χ2v) is 6.43. The van der Waals surface area contributed by atoms with Crippen molar-refractivity contribution in [2.24, 2.45) is 0 Å². The number of carbonyl (C=O) groups is 3. The summed E-state index contributed by atoms with van der Waals surface area (Å²) >= 11 is 1.35. The maximum absolute atomic E-state index is 11.8. The van der Waals surface area contributed by atoms with Gasteiger partial charge in [0, 0.05) is 16.1 Å². The summed E-state index contributed by atoms with van der Waals surface area (Å²) < 4.78 is 0. The van der Waals surface area contributed by atoms with Crippen LogP contribution in [0.4, 0.5) is 5.69 Å². The molecular weight excluding hydrogens is 338 g/mol. The number of aryl methyl sites for hydroxylation is 1. The van der Waals surface area contributed by atoms with Gasteiger partial charge in [-0.2, -0.15) is 0 Å². The number of anilines is 1. The van der Waals surface area contributed by atoms with Crippen LogP contribution >= 0.6 is 11.3 Å². The Morgan fingerprint density at radius 3 is 2.52 bits per heavy atom. The summed E-state index contributed by atoms with van der Waals surface area (Å²) in [6.45, 7) is 1.49. The fourth-order valence-electron chi connectivity index (χ4n) is 1.94. The van der Waals surface area contributed by atoms with Gasteiger partial charge in [-0.25, -0.2) is 0 Å². The van der Waals surface area contributed by atoms with E-state index in [-0.39, 0.29) is 24.9 Å². The second-order valence-electron chi connectivity index (χ2n) is 5.14. The molecule has 1 heterocycles. The van der Waals surface area contributed by atoms with Crippen molar-refractivity contribution in [3.8, 4) is 12.3 Å². The van der Waals surface area contributed by atoms with Crippen molar-refractivity contribution < 1.29 is 14.4 Å². The molecule has 0 bridgehead atoms. The first-order valence-electron chi connectivity index (χ1n) is 7.46. The largest absolute Gasteiger partial charge is 0.345 e. The van der Waals surface area contributed by atoms with Crippen molar-refractivity contribution >= 4 is 34.7 Å². The Bertz CT molecular complexity index is 836. The fourth-order valence-corrected chi connectivity index (χ4v) is 2.72. The van der Waals surface area contributed by atoms with Gasteiger partial charge < -0.3 is 16.0 Å². The number of hydrogen-bond donors (Lipinski definition) is 3. The van der Waals surface area contributed by atoms with E-state index in [1.54, 1.807) is 30.3 Å². The van der Waals surface area contributed by atoms with Gasteiger partial charge in [0.2, 0.25) is 11.8 Å². The highest BCUT2D eigenvalue weighted by Gasteiger charge is 2.11. The van der Waals surface area contributed by atoms with E-state index in [2.05, 4.69) is 21.9 Å². The van der Waals surface area contributed by atoms with Gasteiger partial charge in [-0.3, -0.25) is 14.4 Å². The number of terminal acetylenes is 1. The third-order valence-electron chi connectivity index (χ3n) is 3.13. The molecule has 0 atom stereocenters. The third kappa shape index (κ3) is 5.79. The summed E-state index contributed by atoms with van der Waals surface area (Å²) in [5, 5.41) is 7.58. The van der Waals surface area contributed by atoms with E-state index in [0.717, 1.165) is 4.88 Å². The molecule has 3 N–H and O–H groups in total. The van der Waals surface area contributed by atoms with E-state index in [1.807, 2.05) is 13.0 Å². The molecule has 0 aliphatic heterocycles. The van der Waals surface area contributed by atoms with Crippen molar-refractivity contribution in [1.82, 2.24) is 10.6 Å². The molecule has 0 aliphatic carbocycles. The van der Waals surface area contributed by atoms with Crippen LogP contribution < -0.4 is 16.0 Å². The van der Waals surface area contributed by atoms with Crippen molar-refractivity contribution in [2.75, 3.05) is 18.4 Å². The number of rotatable bonds is 6. The SMILES string of the molecule is C#Cc1cccc(NC(=O)CNC(=O)CNC(=O)c2ccc(C)s2)c1. The number of nitrogens with one attached hydrogen (secondary N) is 3. The Balaban J connectivity index is 1.73. The summed E-state index contributed by atoms with van der Waals surface area (Å²) in [7, 11) is 0. The molecule has 0 aliphatic rings. The molecule has 0 unspecified atom stereocenters. The molecule has 25 heavy (non-hydrogen) atoms. The second kappa shape index (κ2) is 8.66.